The first-order valence-corrected chi connectivity index (χ1v) is 7.47. The molecule has 3 rings (SSSR count). The predicted molar refractivity (Wildman–Crippen MR) is 89.8 cm³/mol. The topological polar surface area (TPSA) is 20.2 Å². The maximum atomic E-state index is 9.74. The third-order valence-corrected chi connectivity index (χ3v) is 3.90. The van der Waals surface area contributed by atoms with Gasteiger partial charge in [-0.1, -0.05) is 60.1 Å². The fourth-order valence-corrected chi connectivity index (χ4v) is 2.97. The molecule has 0 aliphatic heterocycles. The summed E-state index contributed by atoms with van der Waals surface area (Å²) in [6, 6.07) is 20.5. The number of aliphatic hydroxyl groups is 1. The van der Waals surface area contributed by atoms with Gasteiger partial charge in [0.1, 0.15) is 0 Å². The van der Waals surface area contributed by atoms with E-state index in [-0.39, 0.29) is 0 Å². The molecule has 2 heteroatoms. The monoisotopic (exact) mass is 296 g/mol. The number of hydrogen-bond donors (Lipinski definition) is 1. The van der Waals surface area contributed by atoms with Crippen LogP contribution in [-0.4, -0.2) is 11.2 Å². The third kappa shape index (κ3) is 2.94. The molecule has 0 saturated heterocycles. The number of hydrogen-bond acceptors (Lipinski definition) is 1. The summed E-state index contributed by atoms with van der Waals surface area (Å²) in [6.07, 6.45) is 0.205. The lowest BCUT2D eigenvalue weighted by Gasteiger charge is -2.14. The molecule has 3 aromatic rings. The summed E-state index contributed by atoms with van der Waals surface area (Å²) in [5.41, 5.74) is 3.39. The molecule has 0 aliphatic carbocycles. The summed E-state index contributed by atoms with van der Waals surface area (Å²) >= 11 is 6.12. The van der Waals surface area contributed by atoms with Gasteiger partial charge in [0.25, 0.3) is 0 Å². The Balaban J connectivity index is 2.23. The van der Waals surface area contributed by atoms with Gasteiger partial charge in [-0.3, -0.25) is 0 Å². The first kappa shape index (κ1) is 14.1. The van der Waals surface area contributed by atoms with Crippen molar-refractivity contribution in [1.82, 2.24) is 0 Å². The summed E-state index contributed by atoms with van der Waals surface area (Å²) in [7, 11) is 0. The Bertz CT molecular complexity index is 772. The lowest BCUT2D eigenvalue weighted by molar-refractivity contribution is 0.195. The lowest BCUT2D eigenvalue weighted by atomic mass is 9.92. The van der Waals surface area contributed by atoms with Crippen molar-refractivity contribution in [2.24, 2.45) is 0 Å². The van der Waals surface area contributed by atoms with E-state index in [2.05, 4.69) is 36.4 Å². The van der Waals surface area contributed by atoms with Gasteiger partial charge in [0, 0.05) is 5.02 Å². The van der Waals surface area contributed by atoms with E-state index >= 15 is 0 Å². The summed E-state index contributed by atoms with van der Waals surface area (Å²) in [5, 5.41) is 12.9. The Hall–Kier alpha value is -1.83. The summed E-state index contributed by atoms with van der Waals surface area (Å²) in [4.78, 5) is 0. The maximum absolute atomic E-state index is 9.74. The molecule has 1 nitrogen and oxygen atoms in total. The molecule has 0 spiro atoms. The highest BCUT2D eigenvalue weighted by atomic mass is 35.5. The molecule has 0 aromatic heterocycles. The highest BCUT2D eigenvalue weighted by molar-refractivity contribution is 6.30. The van der Waals surface area contributed by atoms with Gasteiger partial charge in [-0.25, -0.2) is 0 Å². The Morgan fingerprint density at radius 1 is 0.952 bits per heavy atom. The minimum absolute atomic E-state index is 0.391. The van der Waals surface area contributed by atoms with Gasteiger partial charge >= 0.3 is 0 Å². The van der Waals surface area contributed by atoms with Gasteiger partial charge in [-0.15, -0.1) is 0 Å². The highest BCUT2D eigenvalue weighted by Crippen LogP contribution is 2.33. The fraction of sp³-hybridized carbons (Fsp3) is 0.158. The lowest BCUT2D eigenvalue weighted by Crippen LogP contribution is -2.05. The van der Waals surface area contributed by atoms with Crippen LogP contribution in [0.3, 0.4) is 0 Å². The van der Waals surface area contributed by atoms with E-state index in [0.717, 1.165) is 11.1 Å². The Kier molecular flexibility index (Phi) is 3.96. The zero-order valence-corrected chi connectivity index (χ0v) is 12.6. The van der Waals surface area contributed by atoms with E-state index in [1.54, 1.807) is 6.92 Å². The molecular weight excluding hydrogens is 280 g/mol. The SMILES string of the molecule is CC(O)Cc1cc(Cl)ccc1-c1cccc2ccccc12. The second-order valence-corrected chi connectivity index (χ2v) is 5.82. The van der Waals surface area contributed by atoms with Crippen LogP contribution in [0.1, 0.15) is 12.5 Å². The van der Waals surface area contributed by atoms with Gasteiger partial charge in [0.2, 0.25) is 0 Å². The van der Waals surface area contributed by atoms with Crippen molar-refractivity contribution in [3.63, 3.8) is 0 Å². The van der Waals surface area contributed by atoms with Crippen LogP contribution in [0.4, 0.5) is 0 Å². The van der Waals surface area contributed by atoms with Crippen LogP contribution >= 0.6 is 11.6 Å². The zero-order valence-electron chi connectivity index (χ0n) is 11.9. The Labute approximate surface area is 129 Å². The molecule has 3 aromatic carbocycles. The smallest absolute Gasteiger partial charge is 0.0552 e. The zero-order chi connectivity index (χ0) is 14.8. The summed E-state index contributed by atoms with van der Waals surface area (Å²) in [5.74, 6) is 0. The summed E-state index contributed by atoms with van der Waals surface area (Å²) in [6.45, 7) is 1.80. The summed E-state index contributed by atoms with van der Waals surface area (Å²) < 4.78 is 0. The molecule has 1 unspecified atom stereocenters. The number of benzene rings is 3. The highest BCUT2D eigenvalue weighted by Gasteiger charge is 2.11. The fourth-order valence-electron chi connectivity index (χ4n) is 2.77. The molecule has 0 aliphatic rings. The number of aliphatic hydroxyl groups excluding tert-OH is 1. The largest absolute Gasteiger partial charge is 0.393 e. The van der Waals surface area contributed by atoms with Crippen molar-refractivity contribution < 1.29 is 5.11 Å². The second kappa shape index (κ2) is 5.88. The van der Waals surface area contributed by atoms with Gasteiger partial charge in [0.05, 0.1) is 6.10 Å². The van der Waals surface area contributed by atoms with Crippen molar-refractivity contribution in [2.45, 2.75) is 19.4 Å². The second-order valence-electron chi connectivity index (χ2n) is 5.38. The van der Waals surface area contributed by atoms with Gasteiger partial charge in [-0.2, -0.15) is 0 Å². The number of fused-ring (bicyclic) bond motifs is 1. The van der Waals surface area contributed by atoms with Gasteiger partial charge in [-0.05, 0) is 52.9 Å². The van der Waals surface area contributed by atoms with Crippen molar-refractivity contribution in [1.29, 1.82) is 0 Å². The quantitative estimate of drug-likeness (QED) is 0.714. The molecule has 1 N–H and O–H groups in total. The first-order chi connectivity index (χ1) is 10.1. The van der Waals surface area contributed by atoms with E-state index in [1.807, 2.05) is 24.3 Å². The van der Waals surface area contributed by atoms with Gasteiger partial charge < -0.3 is 5.11 Å². The van der Waals surface area contributed by atoms with Crippen LogP contribution in [-0.2, 0) is 6.42 Å². The van der Waals surface area contributed by atoms with Crippen molar-refractivity contribution >= 4 is 22.4 Å². The molecule has 21 heavy (non-hydrogen) atoms. The van der Waals surface area contributed by atoms with Crippen LogP contribution in [0.2, 0.25) is 5.02 Å². The van der Waals surface area contributed by atoms with Crippen LogP contribution in [0.15, 0.2) is 60.7 Å². The van der Waals surface area contributed by atoms with E-state index in [4.69, 9.17) is 11.6 Å². The minimum Gasteiger partial charge on any atom is -0.393 e. The van der Waals surface area contributed by atoms with Crippen molar-refractivity contribution in [3.8, 4) is 11.1 Å². The van der Waals surface area contributed by atoms with Crippen molar-refractivity contribution in [2.75, 3.05) is 0 Å². The third-order valence-electron chi connectivity index (χ3n) is 3.66. The normalized spacial score (nSPS) is 12.5. The van der Waals surface area contributed by atoms with Crippen molar-refractivity contribution in [3.05, 3.63) is 71.2 Å². The Morgan fingerprint density at radius 2 is 1.71 bits per heavy atom. The van der Waals surface area contributed by atoms with E-state index in [1.165, 1.54) is 16.3 Å². The van der Waals surface area contributed by atoms with Crippen LogP contribution in [0.5, 0.6) is 0 Å². The molecule has 0 heterocycles. The molecule has 0 radical (unpaired) electrons. The predicted octanol–water partition coefficient (Wildman–Crippen LogP) is 5.08. The van der Waals surface area contributed by atoms with Gasteiger partial charge in [0.15, 0.2) is 0 Å². The van der Waals surface area contributed by atoms with Crippen LogP contribution < -0.4 is 0 Å². The maximum Gasteiger partial charge on any atom is 0.0552 e. The molecular formula is C19H17ClO. The number of halogens is 1. The average molecular weight is 297 g/mol. The average Bonchev–Trinajstić information content (AvgIpc) is 2.46. The Morgan fingerprint density at radius 3 is 2.52 bits per heavy atom. The molecule has 0 bridgehead atoms. The molecule has 0 fully saturated rings. The standard InChI is InChI=1S/C19H17ClO/c1-13(21)11-15-12-16(20)9-10-18(15)19-8-4-6-14-5-2-3-7-17(14)19/h2-10,12-13,21H,11H2,1H3. The molecule has 0 amide bonds. The molecule has 1 atom stereocenters. The molecule has 106 valence electrons. The van der Waals surface area contributed by atoms with Crippen LogP contribution in [0, 0.1) is 0 Å². The molecule has 0 saturated carbocycles. The number of rotatable bonds is 3. The van der Waals surface area contributed by atoms with E-state index in [9.17, 15) is 5.11 Å². The van der Waals surface area contributed by atoms with Crippen LogP contribution in [0.25, 0.3) is 21.9 Å². The van der Waals surface area contributed by atoms with E-state index in [0.29, 0.717) is 11.4 Å². The first-order valence-electron chi connectivity index (χ1n) is 7.10. The minimum atomic E-state index is -0.391. The van der Waals surface area contributed by atoms with E-state index < -0.39 is 6.10 Å².